The highest BCUT2D eigenvalue weighted by molar-refractivity contribution is 6.30. The second-order valence-corrected chi connectivity index (χ2v) is 4.16. The van der Waals surface area contributed by atoms with Crippen molar-refractivity contribution in [3.63, 3.8) is 0 Å². The van der Waals surface area contributed by atoms with Gasteiger partial charge in [-0.15, -0.1) is 0 Å². The van der Waals surface area contributed by atoms with Crippen molar-refractivity contribution in [3.05, 3.63) is 34.9 Å². The van der Waals surface area contributed by atoms with E-state index in [1.165, 1.54) is 0 Å². The van der Waals surface area contributed by atoms with Gasteiger partial charge in [0, 0.05) is 16.5 Å². The molecular formula is C11H11ClN2O2. The van der Waals surface area contributed by atoms with Crippen LogP contribution in [0, 0.1) is 5.92 Å². The van der Waals surface area contributed by atoms with Gasteiger partial charge in [0.15, 0.2) is 0 Å². The Labute approximate surface area is 97.9 Å². The molecule has 0 radical (unpaired) electrons. The molecule has 0 aromatic heterocycles. The summed E-state index contributed by atoms with van der Waals surface area (Å²) in [6.45, 7) is 0. The molecule has 1 saturated carbocycles. The Kier molecular flexibility index (Phi) is 3.10. The minimum absolute atomic E-state index is 0.0691. The lowest BCUT2D eigenvalue weighted by molar-refractivity contribution is -0.123. The Morgan fingerprint density at radius 2 is 2.00 bits per heavy atom. The number of rotatable bonds is 2. The van der Waals surface area contributed by atoms with Crippen LogP contribution in [0.2, 0.25) is 5.02 Å². The molecule has 1 aliphatic rings. The fraction of sp³-hybridized carbons (Fsp3) is 0.273. The summed E-state index contributed by atoms with van der Waals surface area (Å²) in [5, 5.41) is 0.487. The molecule has 16 heavy (non-hydrogen) atoms. The van der Waals surface area contributed by atoms with E-state index in [4.69, 9.17) is 11.6 Å². The van der Waals surface area contributed by atoms with Gasteiger partial charge in [-0.05, 0) is 31.0 Å². The first-order valence-electron chi connectivity index (χ1n) is 5.02. The first kappa shape index (κ1) is 11.0. The summed E-state index contributed by atoms with van der Waals surface area (Å²) in [5.74, 6) is -0.425. The van der Waals surface area contributed by atoms with Crippen LogP contribution < -0.4 is 10.9 Å². The average Bonchev–Trinajstić information content (AvgIpc) is 3.09. The monoisotopic (exact) mass is 238 g/mol. The molecule has 0 unspecified atom stereocenters. The predicted molar refractivity (Wildman–Crippen MR) is 59.8 cm³/mol. The summed E-state index contributed by atoms with van der Waals surface area (Å²) in [4.78, 5) is 22.8. The van der Waals surface area contributed by atoms with Crippen molar-refractivity contribution in [3.8, 4) is 0 Å². The zero-order chi connectivity index (χ0) is 11.5. The summed E-state index contributed by atoms with van der Waals surface area (Å²) in [5.41, 5.74) is 5.15. The third kappa shape index (κ3) is 2.73. The second kappa shape index (κ2) is 4.53. The van der Waals surface area contributed by atoms with Gasteiger partial charge in [0.1, 0.15) is 0 Å². The maximum atomic E-state index is 11.6. The standard InChI is InChI=1S/C11H11ClN2O2/c12-9-3-1-2-8(6-9)11(16)14-13-10(15)7-4-5-7/h1-3,6-7H,4-5H2,(H,13,15)(H,14,16). The van der Waals surface area contributed by atoms with Crippen LogP contribution in [0.15, 0.2) is 24.3 Å². The molecule has 0 spiro atoms. The molecule has 5 heteroatoms. The van der Waals surface area contributed by atoms with E-state index in [-0.39, 0.29) is 17.7 Å². The maximum absolute atomic E-state index is 11.6. The molecule has 0 aliphatic heterocycles. The average molecular weight is 239 g/mol. The summed E-state index contributed by atoms with van der Waals surface area (Å²) in [6, 6.07) is 6.53. The van der Waals surface area contributed by atoms with Crippen LogP contribution >= 0.6 is 11.6 Å². The van der Waals surface area contributed by atoms with Gasteiger partial charge < -0.3 is 0 Å². The number of amides is 2. The normalized spacial score (nSPS) is 14.3. The molecule has 0 heterocycles. The maximum Gasteiger partial charge on any atom is 0.269 e. The molecule has 84 valence electrons. The van der Waals surface area contributed by atoms with Crippen LogP contribution in [-0.4, -0.2) is 11.8 Å². The van der Waals surface area contributed by atoms with Gasteiger partial charge in [-0.3, -0.25) is 20.4 Å². The van der Waals surface area contributed by atoms with Crippen LogP contribution in [0.1, 0.15) is 23.2 Å². The van der Waals surface area contributed by atoms with Gasteiger partial charge in [0.05, 0.1) is 0 Å². The highest BCUT2D eigenvalue weighted by Gasteiger charge is 2.29. The highest BCUT2D eigenvalue weighted by atomic mass is 35.5. The molecule has 0 atom stereocenters. The molecule has 1 aromatic carbocycles. The van der Waals surface area contributed by atoms with Gasteiger partial charge >= 0.3 is 0 Å². The molecule has 1 aliphatic carbocycles. The lowest BCUT2D eigenvalue weighted by Gasteiger charge is -2.06. The quantitative estimate of drug-likeness (QED) is 0.768. The van der Waals surface area contributed by atoms with Crippen molar-refractivity contribution >= 4 is 23.4 Å². The second-order valence-electron chi connectivity index (χ2n) is 3.73. The Bertz CT molecular complexity index is 430. The van der Waals surface area contributed by atoms with Crippen molar-refractivity contribution in [1.82, 2.24) is 10.9 Å². The van der Waals surface area contributed by atoms with Gasteiger partial charge in [-0.1, -0.05) is 17.7 Å². The van der Waals surface area contributed by atoms with Crippen molar-refractivity contribution in [1.29, 1.82) is 0 Å². The molecule has 2 rings (SSSR count). The number of carbonyl (C=O) groups is 2. The third-order valence-electron chi connectivity index (χ3n) is 2.33. The highest BCUT2D eigenvalue weighted by Crippen LogP contribution is 2.28. The number of benzene rings is 1. The largest absolute Gasteiger partial charge is 0.273 e. The van der Waals surface area contributed by atoms with E-state index in [0.29, 0.717) is 10.6 Å². The molecule has 1 fully saturated rings. The number of hydrogen-bond acceptors (Lipinski definition) is 2. The molecule has 0 saturated heterocycles. The smallest absolute Gasteiger partial charge is 0.269 e. The zero-order valence-corrected chi connectivity index (χ0v) is 9.25. The van der Waals surface area contributed by atoms with Crippen LogP contribution in [0.3, 0.4) is 0 Å². The fourth-order valence-electron chi connectivity index (χ4n) is 1.27. The van der Waals surface area contributed by atoms with Crippen molar-refractivity contribution in [2.75, 3.05) is 0 Å². The van der Waals surface area contributed by atoms with Crippen LogP contribution in [0.4, 0.5) is 0 Å². The Hall–Kier alpha value is -1.55. The zero-order valence-electron chi connectivity index (χ0n) is 8.50. The van der Waals surface area contributed by atoms with Crippen LogP contribution in [-0.2, 0) is 4.79 Å². The Morgan fingerprint density at radius 1 is 1.25 bits per heavy atom. The predicted octanol–water partition coefficient (Wildman–Crippen LogP) is 1.51. The Balaban J connectivity index is 1.89. The first-order valence-corrected chi connectivity index (χ1v) is 5.40. The Morgan fingerprint density at radius 3 is 2.62 bits per heavy atom. The number of hydrazine groups is 1. The molecule has 0 bridgehead atoms. The number of hydrogen-bond donors (Lipinski definition) is 2. The number of carbonyl (C=O) groups excluding carboxylic acids is 2. The minimum Gasteiger partial charge on any atom is -0.273 e. The van der Waals surface area contributed by atoms with Crippen LogP contribution in [0.5, 0.6) is 0 Å². The third-order valence-corrected chi connectivity index (χ3v) is 2.57. The van der Waals surface area contributed by atoms with E-state index in [2.05, 4.69) is 10.9 Å². The molecule has 4 nitrogen and oxygen atoms in total. The summed E-state index contributed by atoms with van der Waals surface area (Å²) in [7, 11) is 0. The molecule has 1 aromatic rings. The topological polar surface area (TPSA) is 58.2 Å². The van der Waals surface area contributed by atoms with Crippen molar-refractivity contribution in [2.24, 2.45) is 5.92 Å². The van der Waals surface area contributed by atoms with Crippen molar-refractivity contribution < 1.29 is 9.59 Å². The van der Waals surface area contributed by atoms with Gasteiger partial charge in [0.25, 0.3) is 5.91 Å². The van der Waals surface area contributed by atoms with E-state index >= 15 is 0 Å². The molecular weight excluding hydrogens is 228 g/mol. The molecule has 2 amide bonds. The van der Waals surface area contributed by atoms with Gasteiger partial charge in [0.2, 0.25) is 5.91 Å². The van der Waals surface area contributed by atoms with Crippen molar-refractivity contribution in [2.45, 2.75) is 12.8 Å². The number of nitrogens with one attached hydrogen (secondary N) is 2. The molecule has 2 N–H and O–H groups in total. The van der Waals surface area contributed by atoms with E-state index in [9.17, 15) is 9.59 Å². The van der Waals surface area contributed by atoms with Gasteiger partial charge in [-0.25, -0.2) is 0 Å². The van der Waals surface area contributed by atoms with Gasteiger partial charge in [-0.2, -0.15) is 0 Å². The number of halogens is 1. The summed E-state index contributed by atoms with van der Waals surface area (Å²) >= 11 is 5.74. The summed E-state index contributed by atoms with van der Waals surface area (Å²) < 4.78 is 0. The van der Waals surface area contributed by atoms with E-state index in [1.807, 2.05) is 0 Å². The summed E-state index contributed by atoms with van der Waals surface area (Å²) in [6.07, 6.45) is 1.80. The SMILES string of the molecule is O=C(NNC(=O)C1CC1)c1cccc(Cl)c1. The van der Waals surface area contributed by atoms with Crippen LogP contribution in [0.25, 0.3) is 0 Å². The van der Waals surface area contributed by atoms with E-state index in [1.54, 1.807) is 24.3 Å². The first-order chi connectivity index (χ1) is 7.66. The lowest BCUT2D eigenvalue weighted by atomic mass is 10.2. The minimum atomic E-state index is -0.364. The van der Waals surface area contributed by atoms with E-state index in [0.717, 1.165) is 12.8 Å². The lowest BCUT2D eigenvalue weighted by Crippen LogP contribution is -2.42. The van der Waals surface area contributed by atoms with E-state index < -0.39 is 0 Å². The fourth-order valence-corrected chi connectivity index (χ4v) is 1.46.